The Bertz CT molecular complexity index is 468. The van der Waals surface area contributed by atoms with Crippen LogP contribution in [0.4, 0.5) is 0 Å². The van der Waals surface area contributed by atoms with Crippen molar-refractivity contribution in [3.8, 4) is 0 Å². The molecule has 0 aliphatic carbocycles. The van der Waals surface area contributed by atoms with Crippen molar-refractivity contribution >= 4 is 30.1 Å². The van der Waals surface area contributed by atoms with E-state index in [1.54, 1.807) is 11.8 Å². The number of halogens is 1. The van der Waals surface area contributed by atoms with Crippen molar-refractivity contribution < 1.29 is 9.32 Å². The number of hydrogen-bond donors (Lipinski definition) is 1. The summed E-state index contributed by atoms with van der Waals surface area (Å²) < 4.78 is 5.15. The number of carbonyl (C=O) groups is 1. The van der Waals surface area contributed by atoms with Gasteiger partial charge in [0.05, 0.1) is 11.4 Å². The molecule has 1 aliphatic heterocycles. The number of rotatable bonds is 7. The van der Waals surface area contributed by atoms with Crippen LogP contribution < -0.4 is 5.32 Å². The molecule has 1 aromatic heterocycles. The van der Waals surface area contributed by atoms with Crippen molar-refractivity contribution in [3.05, 3.63) is 17.0 Å². The Morgan fingerprint density at radius 3 is 2.65 bits per heavy atom. The lowest BCUT2D eigenvalue weighted by molar-refractivity contribution is -0.129. The molecule has 0 unspecified atom stereocenters. The van der Waals surface area contributed by atoms with E-state index in [1.165, 1.54) is 6.42 Å². The average Bonchev–Trinajstić information content (AvgIpc) is 2.85. The van der Waals surface area contributed by atoms with Crippen LogP contribution in [-0.2, 0) is 10.5 Å². The summed E-state index contributed by atoms with van der Waals surface area (Å²) in [6, 6.07) is 0. The Labute approximate surface area is 149 Å². The zero-order valence-corrected chi connectivity index (χ0v) is 15.9. The molecule has 5 nitrogen and oxygen atoms in total. The lowest BCUT2D eigenvalue weighted by Gasteiger charge is -2.32. The number of piperidine rings is 1. The lowest BCUT2D eigenvalue weighted by Crippen LogP contribution is -2.39. The van der Waals surface area contributed by atoms with Gasteiger partial charge >= 0.3 is 0 Å². The molecule has 2 heterocycles. The minimum absolute atomic E-state index is 0. The molecule has 0 spiro atoms. The maximum absolute atomic E-state index is 12.3. The van der Waals surface area contributed by atoms with Crippen molar-refractivity contribution in [1.29, 1.82) is 0 Å². The molecular formula is C16H28ClN3O2S. The molecule has 1 fully saturated rings. The Morgan fingerprint density at radius 1 is 1.39 bits per heavy atom. The van der Waals surface area contributed by atoms with Gasteiger partial charge in [-0.15, -0.1) is 24.2 Å². The first kappa shape index (κ1) is 20.3. The number of nitrogens with zero attached hydrogens (tertiary/aromatic N) is 2. The maximum Gasteiger partial charge on any atom is 0.232 e. The van der Waals surface area contributed by atoms with Gasteiger partial charge in [-0.3, -0.25) is 4.79 Å². The Balaban J connectivity index is 0.00000264. The third-order valence-corrected chi connectivity index (χ3v) is 5.37. The lowest BCUT2D eigenvalue weighted by atomic mass is 9.93. The van der Waals surface area contributed by atoms with Gasteiger partial charge < -0.3 is 14.7 Å². The van der Waals surface area contributed by atoms with Crippen LogP contribution in [0, 0.1) is 19.8 Å². The fourth-order valence-corrected chi connectivity index (χ4v) is 3.93. The van der Waals surface area contributed by atoms with Crippen LogP contribution in [0.1, 0.15) is 36.3 Å². The van der Waals surface area contributed by atoms with Gasteiger partial charge in [-0.2, -0.15) is 0 Å². The van der Waals surface area contributed by atoms with E-state index in [4.69, 9.17) is 4.52 Å². The van der Waals surface area contributed by atoms with Gasteiger partial charge in [0, 0.05) is 24.4 Å². The molecule has 0 atom stereocenters. The molecule has 1 N–H and O–H groups in total. The van der Waals surface area contributed by atoms with Crippen molar-refractivity contribution in [3.63, 3.8) is 0 Å². The molecule has 1 aromatic rings. The highest BCUT2D eigenvalue weighted by Gasteiger charge is 2.22. The van der Waals surface area contributed by atoms with Crippen molar-refractivity contribution in [2.45, 2.75) is 38.9 Å². The molecule has 2 rings (SSSR count). The van der Waals surface area contributed by atoms with Gasteiger partial charge in [-0.25, -0.2) is 0 Å². The van der Waals surface area contributed by atoms with E-state index < -0.39 is 0 Å². The number of likely N-dealkylation sites (tertiary alicyclic amines) is 1. The van der Waals surface area contributed by atoms with Crippen LogP contribution in [0.5, 0.6) is 0 Å². The van der Waals surface area contributed by atoms with Crippen LogP contribution in [0.2, 0.25) is 0 Å². The number of hydrogen-bond acceptors (Lipinski definition) is 5. The minimum atomic E-state index is 0. The van der Waals surface area contributed by atoms with E-state index in [0.717, 1.165) is 61.2 Å². The summed E-state index contributed by atoms with van der Waals surface area (Å²) in [6.45, 7) is 6.78. The molecule has 0 bridgehead atoms. The number of amides is 1. The van der Waals surface area contributed by atoms with E-state index in [1.807, 2.05) is 25.8 Å². The van der Waals surface area contributed by atoms with Crippen LogP contribution in [0.15, 0.2) is 4.52 Å². The summed E-state index contributed by atoms with van der Waals surface area (Å²) in [5, 5.41) is 7.15. The molecule has 0 saturated carbocycles. The van der Waals surface area contributed by atoms with E-state index >= 15 is 0 Å². The van der Waals surface area contributed by atoms with Gasteiger partial charge in [0.1, 0.15) is 5.76 Å². The SMILES string of the molecule is CNCCC1CCN(C(=O)CSCc2c(C)noc2C)CC1.Cl. The van der Waals surface area contributed by atoms with Gasteiger partial charge in [-0.1, -0.05) is 5.16 Å². The molecule has 132 valence electrons. The second kappa shape index (κ2) is 10.2. The molecule has 1 saturated heterocycles. The predicted molar refractivity (Wildman–Crippen MR) is 97.2 cm³/mol. The van der Waals surface area contributed by atoms with Crippen LogP contribution in [-0.4, -0.2) is 48.4 Å². The Hall–Kier alpha value is -0.720. The second-order valence-corrected chi connectivity index (χ2v) is 7.00. The van der Waals surface area contributed by atoms with Crippen LogP contribution in [0.25, 0.3) is 0 Å². The molecule has 0 aromatic carbocycles. The second-order valence-electron chi connectivity index (χ2n) is 6.01. The number of aromatic nitrogens is 1. The fraction of sp³-hybridized carbons (Fsp3) is 0.750. The summed E-state index contributed by atoms with van der Waals surface area (Å²) in [5.74, 6) is 3.25. The summed E-state index contributed by atoms with van der Waals surface area (Å²) in [6.07, 6.45) is 3.50. The van der Waals surface area contributed by atoms with Crippen molar-refractivity contribution in [1.82, 2.24) is 15.4 Å². The predicted octanol–water partition coefficient (Wildman–Crippen LogP) is 2.79. The van der Waals surface area contributed by atoms with Gasteiger partial charge in [0.25, 0.3) is 0 Å². The topological polar surface area (TPSA) is 58.4 Å². The molecule has 7 heteroatoms. The number of carbonyl (C=O) groups excluding carboxylic acids is 1. The smallest absolute Gasteiger partial charge is 0.232 e. The molecule has 1 aliphatic rings. The minimum Gasteiger partial charge on any atom is -0.361 e. The van der Waals surface area contributed by atoms with Gasteiger partial charge in [0.15, 0.2) is 0 Å². The highest BCUT2D eigenvalue weighted by atomic mass is 35.5. The summed E-state index contributed by atoms with van der Waals surface area (Å²) in [7, 11) is 1.99. The van der Waals surface area contributed by atoms with Gasteiger partial charge in [0.2, 0.25) is 5.91 Å². The standard InChI is InChI=1S/C16H27N3O2S.ClH/c1-12-15(13(2)21-18-12)10-22-11-16(20)19-8-5-14(6-9-19)4-7-17-3;/h14,17H,4-11H2,1-3H3;1H. The van der Waals surface area contributed by atoms with Gasteiger partial charge in [-0.05, 0) is 52.6 Å². The zero-order chi connectivity index (χ0) is 15.9. The van der Waals surface area contributed by atoms with E-state index in [9.17, 15) is 4.79 Å². The largest absolute Gasteiger partial charge is 0.361 e. The quantitative estimate of drug-likeness (QED) is 0.809. The van der Waals surface area contributed by atoms with E-state index in [0.29, 0.717) is 5.75 Å². The fourth-order valence-electron chi connectivity index (χ4n) is 2.86. The first-order chi connectivity index (χ1) is 10.6. The average molecular weight is 362 g/mol. The third kappa shape index (κ3) is 6.01. The highest BCUT2D eigenvalue weighted by Crippen LogP contribution is 2.22. The summed E-state index contributed by atoms with van der Waals surface area (Å²) in [4.78, 5) is 14.3. The number of aryl methyl sites for hydroxylation is 2. The summed E-state index contributed by atoms with van der Waals surface area (Å²) in [5.41, 5.74) is 2.06. The third-order valence-electron chi connectivity index (χ3n) is 4.42. The monoisotopic (exact) mass is 361 g/mol. The Kier molecular flexibility index (Phi) is 9.02. The normalized spacial score (nSPS) is 15.5. The number of nitrogens with one attached hydrogen (secondary N) is 1. The molecule has 1 amide bonds. The number of thioether (sulfide) groups is 1. The molecule has 0 radical (unpaired) electrons. The van der Waals surface area contributed by atoms with E-state index in [-0.39, 0.29) is 18.3 Å². The van der Waals surface area contributed by atoms with Crippen LogP contribution in [0.3, 0.4) is 0 Å². The maximum atomic E-state index is 12.3. The summed E-state index contributed by atoms with van der Waals surface area (Å²) >= 11 is 1.65. The molecular weight excluding hydrogens is 334 g/mol. The van der Waals surface area contributed by atoms with Crippen molar-refractivity contribution in [2.24, 2.45) is 5.92 Å². The first-order valence-electron chi connectivity index (χ1n) is 8.03. The Morgan fingerprint density at radius 2 is 2.09 bits per heavy atom. The highest BCUT2D eigenvalue weighted by molar-refractivity contribution is 7.99. The first-order valence-corrected chi connectivity index (χ1v) is 9.19. The van der Waals surface area contributed by atoms with E-state index in [2.05, 4.69) is 10.5 Å². The van der Waals surface area contributed by atoms with Crippen LogP contribution >= 0.6 is 24.2 Å². The zero-order valence-electron chi connectivity index (χ0n) is 14.3. The molecule has 23 heavy (non-hydrogen) atoms. The van der Waals surface area contributed by atoms with Crippen molar-refractivity contribution in [2.75, 3.05) is 32.4 Å².